The normalized spacial score (nSPS) is 12.5. The Hall–Kier alpha value is -0.480. The molecular weight excluding hydrogens is 218 g/mol. The second kappa shape index (κ2) is 6.09. The maximum atomic E-state index is 5.93. The van der Waals surface area contributed by atoms with E-state index in [0.717, 1.165) is 18.0 Å². The molecule has 1 rings (SSSR count). The van der Waals surface area contributed by atoms with E-state index < -0.39 is 0 Å². The van der Waals surface area contributed by atoms with Gasteiger partial charge in [-0.15, -0.1) is 0 Å². The molecule has 0 fully saturated rings. The fraction of sp³-hybridized carbons (Fsp3) is 0.556. The van der Waals surface area contributed by atoms with Crippen molar-refractivity contribution in [2.45, 2.75) is 19.4 Å². The van der Waals surface area contributed by atoms with Gasteiger partial charge in [0.05, 0.1) is 6.20 Å². The molecule has 0 aliphatic heterocycles. The second-order valence-corrected chi connectivity index (χ2v) is 4.24. The highest BCUT2D eigenvalue weighted by molar-refractivity contribution is 7.98. The van der Waals surface area contributed by atoms with Crippen molar-refractivity contribution < 1.29 is 0 Å². The number of nitrogens with zero attached hydrogens (tertiary/aromatic N) is 2. The molecule has 0 saturated heterocycles. The summed E-state index contributed by atoms with van der Waals surface area (Å²) >= 11 is 7.74. The number of hydrogen-bond donors (Lipinski definition) is 1. The zero-order valence-electron chi connectivity index (χ0n) is 8.33. The van der Waals surface area contributed by atoms with Crippen molar-refractivity contribution in [3.8, 4) is 0 Å². The average molecular weight is 232 g/mol. The van der Waals surface area contributed by atoms with Gasteiger partial charge in [0.25, 0.3) is 0 Å². The molecule has 14 heavy (non-hydrogen) atoms. The Morgan fingerprint density at radius 2 is 2.43 bits per heavy atom. The molecule has 78 valence electrons. The van der Waals surface area contributed by atoms with E-state index in [0.29, 0.717) is 11.1 Å². The van der Waals surface area contributed by atoms with Gasteiger partial charge in [-0.1, -0.05) is 18.5 Å². The molecule has 1 heterocycles. The maximum Gasteiger partial charge on any atom is 0.148 e. The average Bonchev–Trinajstić information content (AvgIpc) is 2.20. The van der Waals surface area contributed by atoms with E-state index in [4.69, 9.17) is 11.6 Å². The van der Waals surface area contributed by atoms with Crippen molar-refractivity contribution in [1.82, 2.24) is 9.97 Å². The highest BCUT2D eigenvalue weighted by Gasteiger charge is 2.08. The van der Waals surface area contributed by atoms with Crippen LogP contribution in [0.5, 0.6) is 0 Å². The molecule has 0 amide bonds. The molecule has 0 aromatic carbocycles. The fourth-order valence-corrected chi connectivity index (χ4v) is 1.96. The Labute approximate surface area is 93.7 Å². The van der Waals surface area contributed by atoms with E-state index in [1.54, 1.807) is 6.20 Å². The van der Waals surface area contributed by atoms with Crippen LogP contribution in [0.4, 0.5) is 5.82 Å². The van der Waals surface area contributed by atoms with Crippen LogP contribution in [0, 0.1) is 0 Å². The number of halogens is 1. The molecule has 0 radical (unpaired) electrons. The summed E-state index contributed by atoms with van der Waals surface area (Å²) in [7, 11) is 0. The van der Waals surface area contributed by atoms with Gasteiger partial charge in [0.15, 0.2) is 0 Å². The van der Waals surface area contributed by atoms with Gasteiger partial charge in [-0.05, 0) is 12.7 Å². The first-order valence-electron chi connectivity index (χ1n) is 4.49. The van der Waals surface area contributed by atoms with E-state index in [2.05, 4.69) is 28.5 Å². The lowest BCUT2D eigenvalue weighted by atomic mass is 10.2. The highest BCUT2D eigenvalue weighted by Crippen LogP contribution is 2.18. The van der Waals surface area contributed by atoms with Crippen molar-refractivity contribution in [3.05, 3.63) is 17.5 Å². The lowest BCUT2D eigenvalue weighted by Crippen LogP contribution is -2.21. The summed E-state index contributed by atoms with van der Waals surface area (Å²) in [6.45, 7) is 2.14. The van der Waals surface area contributed by atoms with Crippen LogP contribution in [0.25, 0.3) is 0 Å². The molecule has 1 N–H and O–H groups in total. The van der Waals surface area contributed by atoms with Crippen LogP contribution in [0.3, 0.4) is 0 Å². The monoisotopic (exact) mass is 231 g/mol. The van der Waals surface area contributed by atoms with Gasteiger partial charge >= 0.3 is 0 Å². The van der Waals surface area contributed by atoms with E-state index in [1.165, 1.54) is 6.33 Å². The van der Waals surface area contributed by atoms with Crippen molar-refractivity contribution in [1.29, 1.82) is 0 Å². The van der Waals surface area contributed by atoms with Crippen LogP contribution in [0.15, 0.2) is 12.5 Å². The van der Waals surface area contributed by atoms with Crippen molar-refractivity contribution in [3.63, 3.8) is 0 Å². The van der Waals surface area contributed by atoms with E-state index in [1.807, 2.05) is 11.8 Å². The summed E-state index contributed by atoms with van der Waals surface area (Å²) in [4.78, 5) is 7.92. The second-order valence-electron chi connectivity index (χ2n) is 2.92. The first kappa shape index (κ1) is 11.6. The molecule has 1 aromatic heterocycles. The van der Waals surface area contributed by atoms with Gasteiger partial charge in [-0.25, -0.2) is 9.97 Å². The standard InChI is InChI=1S/C9H14ClN3S/c1-3-7(5-14-2)13-9-8(10)4-11-6-12-9/h4,6-7H,3,5H2,1-2H3,(H,11,12,13). The number of hydrogen-bond acceptors (Lipinski definition) is 4. The lowest BCUT2D eigenvalue weighted by molar-refractivity contribution is 0.769. The van der Waals surface area contributed by atoms with Gasteiger partial charge < -0.3 is 5.32 Å². The molecule has 0 aliphatic carbocycles. The van der Waals surface area contributed by atoms with Gasteiger partial charge in [-0.2, -0.15) is 11.8 Å². The summed E-state index contributed by atoms with van der Waals surface area (Å²) in [5.74, 6) is 1.78. The topological polar surface area (TPSA) is 37.8 Å². The minimum absolute atomic E-state index is 0.414. The smallest absolute Gasteiger partial charge is 0.148 e. The Kier molecular flexibility index (Phi) is 5.04. The van der Waals surface area contributed by atoms with Crippen LogP contribution < -0.4 is 5.32 Å². The van der Waals surface area contributed by atoms with Crippen LogP contribution in [-0.4, -0.2) is 28.0 Å². The largest absolute Gasteiger partial charge is 0.365 e. The van der Waals surface area contributed by atoms with Gasteiger partial charge in [-0.3, -0.25) is 0 Å². The van der Waals surface area contributed by atoms with Crippen LogP contribution in [-0.2, 0) is 0 Å². The molecule has 0 spiro atoms. The zero-order chi connectivity index (χ0) is 10.4. The Morgan fingerprint density at radius 3 is 3.00 bits per heavy atom. The van der Waals surface area contributed by atoms with Crippen molar-refractivity contribution >= 4 is 29.2 Å². The van der Waals surface area contributed by atoms with Gasteiger partial charge in [0, 0.05) is 11.8 Å². The van der Waals surface area contributed by atoms with Gasteiger partial charge in [0.2, 0.25) is 0 Å². The summed E-state index contributed by atoms with van der Waals surface area (Å²) in [5, 5.41) is 3.87. The molecule has 1 aromatic rings. The minimum Gasteiger partial charge on any atom is -0.365 e. The Balaban J connectivity index is 2.62. The third-order valence-electron chi connectivity index (χ3n) is 1.87. The van der Waals surface area contributed by atoms with E-state index in [-0.39, 0.29) is 0 Å². The number of anilines is 1. The third-order valence-corrected chi connectivity index (χ3v) is 2.88. The minimum atomic E-state index is 0.414. The highest BCUT2D eigenvalue weighted by atomic mass is 35.5. The summed E-state index contributed by atoms with van der Waals surface area (Å²) in [5.41, 5.74) is 0. The van der Waals surface area contributed by atoms with E-state index >= 15 is 0 Å². The molecule has 5 heteroatoms. The molecule has 1 unspecified atom stereocenters. The number of nitrogens with one attached hydrogen (secondary N) is 1. The molecule has 0 bridgehead atoms. The SMILES string of the molecule is CCC(CSC)Nc1ncncc1Cl. The molecular formula is C9H14ClN3S. The zero-order valence-corrected chi connectivity index (χ0v) is 9.90. The van der Waals surface area contributed by atoms with Crippen molar-refractivity contribution in [2.75, 3.05) is 17.3 Å². The molecule has 0 aliphatic rings. The summed E-state index contributed by atoms with van der Waals surface area (Å²) < 4.78 is 0. The number of aromatic nitrogens is 2. The Bertz CT molecular complexity index is 283. The number of rotatable bonds is 5. The lowest BCUT2D eigenvalue weighted by Gasteiger charge is -2.16. The van der Waals surface area contributed by atoms with Crippen LogP contribution in [0.1, 0.15) is 13.3 Å². The van der Waals surface area contributed by atoms with Crippen LogP contribution >= 0.6 is 23.4 Å². The molecule has 1 atom stereocenters. The first-order chi connectivity index (χ1) is 6.77. The predicted molar refractivity (Wildman–Crippen MR) is 63.1 cm³/mol. The predicted octanol–water partition coefficient (Wildman–Crippen LogP) is 2.68. The Morgan fingerprint density at radius 1 is 1.64 bits per heavy atom. The summed E-state index contributed by atoms with van der Waals surface area (Å²) in [6, 6.07) is 0.414. The van der Waals surface area contributed by atoms with E-state index in [9.17, 15) is 0 Å². The number of thioether (sulfide) groups is 1. The van der Waals surface area contributed by atoms with Crippen molar-refractivity contribution in [2.24, 2.45) is 0 Å². The molecule has 0 saturated carbocycles. The first-order valence-corrected chi connectivity index (χ1v) is 6.26. The van der Waals surface area contributed by atoms with Crippen LogP contribution in [0.2, 0.25) is 5.02 Å². The quantitative estimate of drug-likeness (QED) is 0.846. The summed E-state index contributed by atoms with van der Waals surface area (Å²) in [6.07, 6.45) is 6.25. The molecule has 3 nitrogen and oxygen atoms in total. The van der Waals surface area contributed by atoms with Gasteiger partial charge in [0.1, 0.15) is 17.2 Å². The third kappa shape index (κ3) is 3.35. The fourth-order valence-electron chi connectivity index (χ4n) is 1.07. The maximum absolute atomic E-state index is 5.93.